The maximum Gasteiger partial charge on any atom is 2.00 e. The molecule has 9 rings (SSSR count). The van der Waals surface area contributed by atoms with Gasteiger partial charge in [0.05, 0.1) is 33.3 Å². The van der Waals surface area contributed by atoms with Crippen LogP contribution < -0.4 is 0 Å². The van der Waals surface area contributed by atoms with Crippen molar-refractivity contribution < 1.29 is 26.8 Å². The second-order valence-corrected chi connectivity index (χ2v) is 12.0. The van der Waals surface area contributed by atoms with Crippen LogP contribution in [0.1, 0.15) is 35.6 Å². The van der Waals surface area contributed by atoms with E-state index in [0.717, 1.165) is 58.5 Å². The van der Waals surface area contributed by atoms with Crippen LogP contribution in [-0.2, 0) is 27.4 Å². The number of hydrogen-bond acceptors (Lipinski definition) is 6. The van der Waals surface area contributed by atoms with E-state index in [4.69, 9.17) is 9.97 Å². The summed E-state index contributed by atoms with van der Waals surface area (Å²) in [6, 6.07) is 23.1. The van der Waals surface area contributed by atoms with Gasteiger partial charge in [0.2, 0.25) is 0 Å². The van der Waals surface area contributed by atoms with Crippen molar-refractivity contribution in [2.24, 2.45) is 5.92 Å². The summed E-state index contributed by atoms with van der Waals surface area (Å²) < 4.78 is 0. The second-order valence-electron chi connectivity index (χ2n) is 12.0. The molecule has 0 N–H and O–H groups in total. The Bertz CT molecular complexity index is 1760. The third kappa shape index (κ3) is 4.83. The topological polar surface area (TPSA) is 89.2 Å². The van der Waals surface area contributed by atoms with Crippen LogP contribution in [0.15, 0.2) is 72.8 Å². The van der Waals surface area contributed by atoms with E-state index in [-0.39, 0.29) is 45.4 Å². The molecule has 0 unspecified atom stereocenters. The Labute approximate surface area is 280 Å². The number of Topliss-reactive ketones (excluding diaryl/α,β-unsaturated/α-hetero) is 1. The number of nitro benzene ring substituents is 1. The molecule has 8 heteroatoms. The molecule has 1 spiro atoms. The Morgan fingerprint density at radius 1 is 0.826 bits per heavy atom. The Morgan fingerprint density at radius 2 is 1.46 bits per heavy atom. The third-order valence-electron chi connectivity index (χ3n) is 9.77. The van der Waals surface area contributed by atoms with Gasteiger partial charge in [-0.1, -0.05) is 48.5 Å². The fraction of sp³-hybridized carbons (Fsp3) is 0.184. The molecule has 2 aliphatic heterocycles. The molecule has 4 atom stereocenters. The Balaban J connectivity index is 0.000000517. The van der Waals surface area contributed by atoms with Crippen molar-refractivity contribution in [3.8, 4) is 11.3 Å². The number of para-hydroxylation sites is 2. The maximum atomic E-state index is 14.8. The summed E-state index contributed by atoms with van der Waals surface area (Å²) in [5.41, 5.74) is 5.60. The molecule has 3 heterocycles. The summed E-state index contributed by atoms with van der Waals surface area (Å²) in [5, 5.41) is 11.5. The Kier molecular flexibility index (Phi) is 8.56. The quantitative estimate of drug-likeness (QED) is 0.141. The van der Waals surface area contributed by atoms with E-state index < -0.39 is 11.5 Å². The summed E-state index contributed by atoms with van der Waals surface area (Å²) >= 11 is 0. The fourth-order valence-electron chi connectivity index (χ4n) is 8.10. The van der Waals surface area contributed by atoms with Crippen molar-refractivity contribution in [3.63, 3.8) is 0 Å². The molecule has 1 aromatic heterocycles. The standard InChI is InChI=1S/C33H25N4O3.C5H5.Fe/c38-31(21-8-1-2-9-21)29-28(20-15-17-22(18-16-20)37(39)40)27-14-7-19-36(27)33(29)24-11-4-3-10-23(24)30-32(33)35-26-13-6-5-12-25(26)34-30;1-2-4-5-3-1;/h1-6,8-13,15-18,27-29H,7,14,19H2;1-5H;/q;;+2/t27-,28-,29-,33-;;/m0../s1. The molecule has 4 fully saturated rings. The van der Waals surface area contributed by atoms with Crippen LogP contribution in [0.3, 0.4) is 0 Å². The molecule has 46 heavy (non-hydrogen) atoms. The number of nitrogens with zero attached hydrogens (tertiary/aromatic N) is 4. The minimum absolute atomic E-state index is 0. The van der Waals surface area contributed by atoms with Gasteiger partial charge in [-0.15, -0.1) is 0 Å². The van der Waals surface area contributed by atoms with Crippen molar-refractivity contribution in [3.05, 3.63) is 163 Å². The van der Waals surface area contributed by atoms with Crippen molar-refractivity contribution in [2.45, 2.75) is 30.3 Å². The first kappa shape index (κ1) is 31.2. The van der Waals surface area contributed by atoms with E-state index >= 15 is 0 Å². The number of rotatable bonds is 4. The van der Waals surface area contributed by atoms with Gasteiger partial charge in [0.1, 0.15) is 11.3 Å². The molecule has 4 aromatic rings. The number of non-ortho nitro benzene ring substituents is 1. The van der Waals surface area contributed by atoms with E-state index in [2.05, 4.69) is 17.0 Å². The van der Waals surface area contributed by atoms with Crippen LogP contribution in [0.4, 0.5) is 5.69 Å². The van der Waals surface area contributed by atoms with E-state index in [0.29, 0.717) is 5.92 Å². The van der Waals surface area contributed by atoms with Gasteiger partial charge in [-0.3, -0.25) is 19.8 Å². The van der Waals surface area contributed by atoms with Crippen LogP contribution in [0.25, 0.3) is 22.3 Å². The third-order valence-corrected chi connectivity index (χ3v) is 9.77. The van der Waals surface area contributed by atoms with Crippen molar-refractivity contribution in [1.82, 2.24) is 14.9 Å². The van der Waals surface area contributed by atoms with Crippen molar-refractivity contribution >= 4 is 22.5 Å². The first-order chi connectivity index (χ1) is 22.1. The number of carbonyl (C=O) groups is 1. The van der Waals surface area contributed by atoms with Crippen LogP contribution in [0, 0.1) is 79.7 Å². The van der Waals surface area contributed by atoms with Gasteiger partial charge in [0.15, 0.2) is 0 Å². The molecular weight excluding hydrogens is 616 g/mol. The zero-order valence-corrected chi connectivity index (χ0v) is 25.9. The number of carbonyl (C=O) groups excluding carboxylic acids is 1. The summed E-state index contributed by atoms with van der Waals surface area (Å²) in [6.45, 7) is 0.835. The van der Waals surface area contributed by atoms with E-state index in [1.54, 1.807) is 12.1 Å². The summed E-state index contributed by atoms with van der Waals surface area (Å²) in [7, 11) is 0. The summed E-state index contributed by atoms with van der Waals surface area (Å²) in [4.78, 5) is 38.8. The van der Waals surface area contributed by atoms with Gasteiger partial charge in [-0.05, 0) is 100 Å². The maximum absolute atomic E-state index is 14.8. The number of fused-ring (bicyclic) bond motifs is 8. The minimum atomic E-state index is -0.801. The van der Waals surface area contributed by atoms with Crippen molar-refractivity contribution in [1.29, 1.82) is 0 Å². The minimum Gasteiger partial charge on any atom is -0.299 e. The second kappa shape index (κ2) is 12.6. The molecular formula is C38H30FeN4O3+2. The molecule has 226 valence electrons. The molecule has 3 aliphatic carbocycles. The van der Waals surface area contributed by atoms with Crippen LogP contribution in [-0.4, -0.2) is 38.2 Å². The Hall–Kier alpha value is -3.45. The van der Waals surface area contributed by atoms with Gasteiger partial charge >= 0.3 is 17.1 Å². The number of nitro groups is 1. The van der Waals surface area contributed by atoms with Crippen molar-refractivity contribution in [2.75, 3.05) is 6.54 Å². The number of aromatic nitrogens is 2. The first-order valence-electron chi connectivity index (χ1n) is 15.4. The SMILES string of the molecule is O=C([C]1[CH][CH][CH][CH]1)[C@@H]1[C@@H](c2ccc([N+](=O)[O-])cc2)[C@@H]2CCCN2[C@@]12c1ccccc1-c1nc3ccccc3nc12.[CH]1[CH][CH][CH][CH]1.[Fe+2]. The van der Waals surface area contributed by atoms with E-state index in [1.165, 1.54) is 0 Å². The molecule has 3 aromatic carbocycles. The molecule has 0 amide bonds. The monoisotopic (exact) mass is 646 g/mol. The average Bonchev–Trinajstić information content (AvgIpc) is 3.92. The van der Waals surface area contributed by atoms with E-state index in [9.17, 15) is 14.9 Å². The predicted molar refractivity (Wildman–Crippen MR) is 172 cm³/mol. The fourth-order valence-corrected chi connectivity index (χ4v) is 8.10. The van der Waals surface area contributed by atoms with E-state index in [1.807, 2.05) is 106 Å². The largest absolute Gasteiger partial charge is 2.00 e. The molecule has 0 bridgehead atoms. The van der Waals surface area contributed by atoms with Crippen LogP contribution in [0.2, 0.25) is 0 Å². The molecule has 10 radical (unpaired) electrons. The summed E-state index contributed by atoms with van der Waals surface area (Å²) in [6.07, 6.45) is 19.5. The molecule has 5 aliphatic rings. The predicted octanol–water partition coefficient (Wildman–Crippen LogP) is 6.63. The molecule has 2 saturated carbocycles. The van der Waals surface area contributed by atoms with Crippen LogP contribution in [0.5, 0.6) is 0 Å². The van der Waals surface area contributed by atoms with Crippen LogP contribution >= 0.6 is 0 Å². The van der Waals surface area contributed by atoms with Gasteiger partial charge in [0.25, 0.3) is 5.69 Å². The Morgan fingerprint density at radius 3 is 2.13 bits per heavy atom. The number of ketones is 1. The van der Waals surface area contributed by atoms with Gasteiger partial charge in [-0.25, -0.2) is 9.97 Å². The number of hydrogen-bond donors (Lipinski definition) is 0. The zero-order valence-electron chi connectivity index (χ0n) is 24.8. The molecule has 2 saturated heterocycles. The average molecular weight is 647 g/mol. The zero-order chi connectivity index (χ0) is 30.5. The van der Waals surface area contributed by atoms with Gasteiger partial charge in [0, 0.05) is 35.6 Å². The number of benzene rings is 3. The summed E-state index contributed by atoms with van der Waals surface area (Å²) in [5.74, 6) is 0.0926. The normalized spacial score (nSPS) is 26.3. The smallest absolute Gasteiger partial charge is 0.299 e. The van der Waals surface area contributed by atoms with Gasteiger partial charge < -0.3 is 0 Å². The van der Waals surface area contributed by atoms with Gasteiger partial charge in [-0.2, -0.15) is 0 Å². The molecule has 7 nitrogen and oxygen atoms in total. The first-order valence-corrected chi connectivity index (χ1v) is 15.4.